The fraction of sp³-hybridized carbons (Fsp3) is 0.308. The third kappa shape index (κ3) is 5.86. The van der Waals surface area contributed by atoms with E-state index in [0.717, 1.165) is 16.8 Å². The fourth-order valence-corrected chi connectivity index (χ4v) is 4.02. The summed E-state index contributed by atoms with van der Waals surface area (Å²) in [4.78, 5) is 27.0. The molecule has 6 heteroatoms. The maximum atomic E-state index is 12.7. The standard InChI is InChI=1S/C26H31N3O3/c1-18(2)25-26(32)28-22(17-30)16-20-15-21(13-14-23(20)29(25)3)27-24(31)12-8-7-11-19-9-5-4-6-10-19/h4-15,18,22,25,30H,16-17H2,1-3H3,(H,27,31)(H,28,32)/b11-7+,12-8+/t22-,25-/m0/s1. The van der Waals surface area contributed by atoms with Crippen LogP contribution in [0.4, 0.5) is 11.4 Å². The van der Waals surface area contributed by atoms with Gasteiger partial charge in [0.05, 0.1) is 12.6 Å². The minimum absolute atomic E-state index is 0.0849. The van der Waals surface area contributed by atoms with Gasteiger partial charge in [-0.25, -0.2) is 0 Å². The third-order valence-corrected chi connectivity index (χ3v) is 5.52. The molecule has 1 aliphatic heterocycles. The van der Waals surface area contributed by atoms with Gasteiger partial charge in [0.2, 0.25) is 11.8 Å². The quantitative estimate of drug-likeness (QED) is 0.482. The summed E-state index contributed by atoms with van der Waals surface area (Å²) >= 11 is 0. The molecule has 0 aromatic heterocycles. The summed E-state index contributed by atoms with van der Waals surface area (Å²) in [6, 6.07) is 14.8. The van der Waals surface area contributed by atoms with Gasteiger partial charge in [-0.05, 0) is 41.7 Å². The highest BCUT2D eigenvalue weighted by Crippen LogP contribution is 2.29. The molecule has 0 bridgehead atoms. The minimum Gasteiger partial charge on any atom is -0.394 e. The van der Waals surface area contributed by atoms with E-state index in [9.17, 15) is 14.7 Å². The fourth-order valence-electron chi connectivity index (χ4n) is 4.02. The minimum atomic E-state index is -0.370. The summed E-state index contributed by atoms with van der Waals surface area (Å²) in [5, 5.41) is 15.6. The summed E-state index contributed by atoms with van der Waals surface area (Å²) in [5.41, 5.74) is 3.62. The summed E-state index contributed by atoms with van der Waals surface area (Å²) in [6.45, 7) is 3.86. The van der Waals surface area contributed by atoms with Crippen molar-refractivity contribution in [3.05, 3.63) is 77.9 Å². The van der Waals surface area contributed by atoms with Gasteiger partial charge in [-0.2, -0.15) is 0 Å². The Morgan fingerprint density at radius 1 is 1.22 bits per heavy atom. The highest BCUT2D eigenvalue weighted by atomic mass is 16.3. The summed E-state index contributed by atoms with van der Waals surface area (Å²) in [5.74, 6) is -0.217. The van der Waals surface area contributed by atoms with E-state index in [1.165, 1.54) is 6.08 Å². The van der Waals surface area contributed by atoms with E-state index in [2.05, 4.69) is 10.6 Å². The number of aliphatic hydroxyl groups is 1. The number of nitrogens with zero attached hydrogens (tertiary/aromatic N) is 1. The number of hydrogen-bond acceptors (Lipinski definition) is 4. The van der Waals surface area contributed by atoms with Gasteiger partial charge in [0.15, 0.2) is 0 Å². The van der Waals surface area contributed by atoms with Crippen molar-refractivity contribution >= 4 is 29.3 Å². The first-order valence-electron chi connectivity index (χ1n) is 10.9. The van der Waals surface area contributed by atoms with Crippen molar-refractivity contribution in [3.8, 4) is 0 Å². The van der Waals surface area contributed by atoms with Crippen LogP contribution < -0.4 is 15.5 Å². The Labute approximate surface area is 189 Å². The van der Waals surface area contributed by atoms with Gasteiger partial charge >= 0.3 is 0 Å². The predicted molar refractivity (Wildman–Crippen MR) is 129 cm³/mol. The molecular formula is C26H31N3O3. The number of likely N-dealkylation sites (N-methyl/N-ethyl adjacent to an activating group) is 1. The number of hydrogen-bond donors (Lipinski definition) is 3. The van der Waals surface area contributed by atoms with Crippen LogP contribution >= 0.6 is 0 Å². The van der Waals surface area contributed by atoms with Gasteiger partial charge < -0.3 is 20.6 Å². The number of fused-ring (bicyclic) bond motifs is 1. The zero-order valence-corrected chi connectivity index (χ0v) is 18.8. The molecule has 0 spiro atoms. The van der Waals surface area contributed by atoms with Gasteiger partial charge in [0.25, 0.3) is 0 Å². The van der Waals surface area contributed by atoms with Crippen LogP contribution in [0.2, 0.25) is 0 Å². The lowest BCUT2D eigenvalue weighted by Crippen LogP contribution is -2.54. The van der Waals surface area contributed by atoms with E-state index < -0.39 is 0 Å². The van der Waals surface area contributed by atoms with Crippen LogP contribution in [0.15, 0.2) is 66.8 Å². The molecule has 0 fully saturated rings. The number of amides is 2. The van der Waals surface area contributed by atoms with E-state index in [4.69, 9.17) is 0 Å². The number of rotatable bonds is 6. The van der Waals surface area contributed by atoms with Crippen molar-refractivity contribution < 1.29 is 14.7 Å². The zero-order chi connectivity index (χ0) is 23.1. The Bertz CT molecular complexity index is 999. The highest BCUT2D eigenvalue weighted by molar-refractivity contribution is 5.99. The van der Waals surface area contributed by atoms with Crippen molar-refractivity contribution in [2.45, 2.75) is 32.4 Å². The smallest absolute Gasteiger partial charge is 0.248 e. The Morgan fingerprint density at radius 3 is 2.66 bits per heavy atom. The molecule has 3 N–H and O–H groups in total. The summed E-state index contributed by atoms with van der Waals surface area (Å²) in [7, 11) is 1.91. The van der Waals surface area contributed by atoms with E-state index in [1.54, 1.807) is 6.08 Å². The molecule has 6 nitrogen and oxygen atoms in total. The normalized spacial score (nSPS) is 19.0. The molecule has 0 saturated heterocycles. The highest BCUT2D eigenvalue weighted by Gasteiger charge is 2.32. The Kier molecular flexibility index (Phi) is 7.84. The summed E-state index contributed by atoms with van der Waals surface area (Å²) in [6.07, 6.45) is 7.42. The van der Waals surface area contributed by atoms with Gasteiger partial charge in [-0.1, -0.05) is 62.4 Å². The van der Waals surface area contributed by atoms with Gasteiger partial charge in [-0.15, -0.1) is 0 Å². The first-order chi connectivity index (χ1) is 15.4. The molecule has 1 heterocycles. The molecule has 0 radical (unpaired) electrons. The molecule has 0 unspecified atom stereocenters. The van der Waals surface area contributed by atoms with Gasteiger partial charge in [0.1, 0.15) is 6.04 Å². The predicted octanol–water partition coefficient (Wildman–Crippen LogP) is 3.39. The second-order valence-electron chi connectivity index (χ2n) is 8.35. The van der Waals surface area contributed by atoms with Crippen LogP contribution in [0, 0.1) is 5.92 Å². The molecule has 1 aliphatic rings. The topological polar surface area (TPSA) is 81.7 Å². The first-order valence-corrected chi connectivity index (χ1v) is 10.9. The lowest BCUT2D eigenvalue weighted by molar-refractivity contribution is -0.124. The van der Waals surface area contributed by atoms with Crippen LogP contribution in [0.1, 0.15) is 25.0 Å². The molecule has 2 aromatic carbocycles. The van der Waals surface area contributed by atoms with Crippen molar-refractivity contribution in [3.63, 3.8) is 0 Å². The maximum Gasteiger partial charge on any atom is 0.248 e. The molecule has 0 aliphatic carbocycles. The average molecular weight is 434 g/mol. The Morgan fingerprint density at radius 2 is 1.97 bits per heavy atom. The molecule has 32 heavy (non-hydrogen) atoms. The van der Waals surface area contributed by atoms with Gasteiger partial charge in [-0.3, -0.25) is 9.59 Å². The van der Waals surface area contributed by atoms with Crippen LogP contribution in [-0.4, -0.2) is 42.7 Å². The average Bonchev–Trinajstić information content (AvgIpc) is 2.76. The zero-order valence-electron chi connectivity index (χ0n) is 18.8. The molecular weight excluding hydrogens is 402 g/mol. The molecule has 2 aromatic rings. The van der Waals surface area contributed by atoms with Crippen LogP contribution in [0.25, 0.3) is 6.08 Å². The van der Waals surface area contributed by atoms with E-state index in [0.29, 0.717) is 12.1 Å². The van der Waals surface area contributed by atoms with Crippen molar-refractivity contribution in [1.29, 1.82) is 0 Å². The van der Waals surface area contributed by atoms with E-state index in [-0.39, 0.29) is 36.4 Å². The molecule has 3 rings (SSSR count). The lowest BCUT2D eigenvalue weighted by Gasteiger charge is -2.37. The number of aliphatic hydroxyl groups excluding tert-OH is 1. The number of anilines is 2. The van der Waals surface area contributed by atoms with Crippen molar-refractivity contribution in [2.24, 2.45) is 5.92 Å². The van der Waals surface area contributed by atoms with Crippen molar-refractivity contribution in [1.82, 2.24) is 5.32 Å². The van der Waals surface area contributed by atoms with E-state index >= 15 is 0 Å². The summed E-state index contributed by atoms with van der Waals surface area (Å²) < 4.78 is 0. The Balaban J connectivity index is 1.75. The third-order valence-electron chi connectivity index (χ3n) is 5.52. The van der Waals surface area contributed by atoms with Crippen molar-refractivity contribution in [2.75, 3.05) is 23.9 Å². The lowest BCUT2D eigenvalue weighted by atomic mass is 9.95. The SMILES string of the molecule is CC(C)[C@H]1C(=O)N[C@H](CO)Cc2cc(NC(=O)/C=C/C=C/c3ccccc3)ccc2N1C. The molecule has 0 saturated carbocycles. The number of benzene rings is 2. The number of carbonyl (C=O) groups excluding carboxylic acids is 2. The molecule has 2 amide bonds. The largest absolute Gasteiger partial charge is 0.394 e. The van der Waals surface area contributed by atoms with Crippen LogP contribution in [0.3, 0.4) is 0 Å². The number of carbonyl (C=O) groups is 2. The molecule has 2 atom stereocenters. The van der Waals surface area contributed by atoms with Crippen LogP contribution in [-0.2, 0) is 16.0 Å². The Hall–Kier alpha value is -3.38. The second-order valence-corrected chi connectivity index (χ2v) is 8.35. The maximum absolute atomic E-state index is 12.7. The number of nitrogens with one attached hydrogen (secondary N) is 2. The first kappa shape index (κ1) is 23.3. The second kappa shape index (κ2) is 10.8. The van der Waals surface area contributed by atoms with E-state index in [1.807, 2.05) is 86.5 Å². The van der Waals surface area contributed by atoms with Crippen LogP contribution in [0.5, 0.6) is 0 Å². The monoisotopic (exact) mass is 433 g/mol. The molecule has 168 valence electrons. The number of allylic oxidation sites excluding steroid dienone is 2. The van der Waals surface area contributed by atoms with Gasteiger partial charge in [0, 0.05) is 24.5 Å².